The molecule has 1 amide bonds. The smallest absolute Gasteiger partial charge is 0.246 e. The van der Waals surface area contributed by atoms with Gasteiger partial charge in [0.1, 0.15) is 5.75 Å². The second-order valence-corrected chi connectivity index (χ2v) is 4.87. The Hall–Kier alpha value is -1.77. The third-order valence-electron chi connectivity index (χ3n) is 3.70. The summed E-state index contributed by atoms with van der Waals surface area (Å²) in [7, 11) is 1.68. The van der Waals surface area contributed by atoms with E-state index in [4.69, 9.17) is 4.74 Å². The van der Waals surface area contributed by atoms with Crippen molar-refractivity contribution in [2.24, 2.45) is 0 Å². The van der Waals surface area contributed by atoms with Gasteiger partial charge in [0.15, 0.2) is 0 Å². The van der Waals surface area contributed by atoms with Gasteiger partial charge in [-0.2, -0.15) is 0 Å². The van der Waals surface area contributed by atoms with Gasteiger partial charge < -0.3 is 9.64 Å². The maximum absolute atomic E-state index is 11.7. The average molecular weight is 259 g/mol. The summed E-state index contributed by atoms with van der Waals surface area (Å²) < 4.78 is 5.17. The lowest BCUT2D eigenvalue weighted by Gasteiger charge is -2.31. The maximum Gasteiger partial charge on any atom is 0.246 e. The fraction of sp³-hybridized carbons (Fsp3) is 0.438. The molecule has 1 aromatic carbocycles. The maximum atomic E-state index is 11.7. The molecular formula is C16H21NO2. The van der Waals surface area contributed by atoms with Crippen LogP contribution in [0.15, 0.2) is 36.4 Å². The summed E-state index contributed by atoms with van der Waals surface area (Å²) >= 11 is 0. The number of hydrogen-bond donors (Lipinski definition) is 0. The van der Waals surface area contributed by atoms with Crippen LogP contribution < -0.4 is 4.74 Å². The van der Waals surface area contributed by atoms with E-state index in [9.17, 15) is 4.79 Å². The van der Waals surface area contributed by atoms with Crippen LogP contribution in [0, 0.1) is 0 Å². The second-order valence-electron chi connectivity index (χ2n) is 4.87. The number of likely N-dealkylation sites (tertiary alicyclic amines) is 1. The highest BCUT2D eigenvalue weighted by molar-refractivity contribution is 5.87. The predicted molar refractivity (Wildman–Crippen MR) is 76.4 cm³/mol. The minimum Gasteiger partial charge on any atom is -0.497 e. The number of methoxy groups -OCH3 is 1. The first kappa shape index (κ1) is 13.7. The van der Waals surface area contributed by atoms with Crippen LogP contribution in [0.3, 0.4) is 0 Å². The van der Waals surface area contributed by atoms with Gasteiger partial charge in [0, 0.05) is 13.1 Å². The van der Waals surface area contributed by atoms with Gasteiger partial charge in [0.05, 0.1) is 7.11 Å². The minimum atomic E-state index is 0.135. The van der Waals surface area contributed by atoms with Crippen molar-refractivity contribution in [2.75, 3.05) is 20.2 Å². The van der Waals surface area contributed by atoms with Crippen molar-refractivity contribution in [1.82, 2.24) is 4.90 Å². The topological polar surface area (TPSA) is 29.5 Å². The highest BCUT2D eigenvalue weighted by Gasteiger charge is 2.22. The summed E-state index contributed by atoms with van der Waals surface area (Å²) in [5, 5.41) is 0. The molecule has 3 nitrogen and oxygen atoms in total. The molecule has 0 spiro atoms. The van der Waals surface area contributed by atoms with Crippen molar-refractivity contribution in [2.45, 2.75) is 25.7 Å². The average Bonchev–Trinajstić information content (AvgIpc) is 2.48. The summed E-state index contributed by atoms with van der Waals surface area (Å²) in [6.07, 6.45) is 5.52. The number of carbonyl (C=O) groups is 1. The van der Waals surface area contributed by atoms with E-state index < -0.39 is 0 Å². The number of nitrogens with zero attached hydrogens (tertiary/aromatic N) is 1. The summed E-state index contributed by atoms with van der Waals surface area (Å²) in [5.74, 6) is 1.58. The fourth-order valence-electron chi connectivity index (χ4n) is 2.56. The number of carbonyl (C=O) groups excluding carboxylic acids is 1. The van der Waals surface area contributed by atoms with Crippen molar-refractivity contribution in [3.8, 4) is 5.75 Å². The van der Waals surface area contributed by atoms with Crippen LogP contribution in [0.4, 0.5) is 0 Å². The van der Waals surface area contributed by atoms with Gasteiger partial charge in [-0.15, -0.1) is 0 Å². The van der Waals surface area contributed by atoms with Gasteiger partial charge in [-0.3, -0.25) is 4.79 Å². The molecule has 2 rings (SSSR count). The van der Waals surface area contributed by atoms with E-state index in [1.807, 2.05) is 24.0 Å². The van der Waals surface area contributed by atoms with Gasteiger partial charge in [-0.25, -0.2) is 0 Å². The molecule has 0 bridgehead atoms. The summed E-state index contributed by atoms with van der Waals surface area (Å²) in [6, 6.07) is 8.28. The molecule has 1 aliphatic heterocycles. The predicted octanol–water partition coefficient (Wildman–Crippen LogP) is 2.98. The van der Waals surface area contributed by atoms with Crippen molar-refractivity contribution < 1.29 is 9.53 Å². The Morgan fingerprint density at radius 3 is 2.42 bits per heavy atom. The van der Waals surface area contributed by atoms with Crippen molar-refractivity contribution in [3.05, 3.63) is 42.0 Å². The van der Waals surface area contributed by atoms with Crippen LogP contribution in [0.1, 0.15) is 31.2 Å². The van der Waals surface area contributed by atoms with Crippen LogP contribution in [-0.2, 0) is 4.79 Å². The van der Waals surface area contributed by atoms with Gasteiger partial charge in [0.25, 0.3) is 0 Å². The quantitative estimate of drug-likeness (QED) is 0.781. The molecule has 1 aromatic rings. The highest BCUT2D eigenvalue weighted by atomic mass is 16.5. The lowest BCUT2D eigenvalue weighted by molar-refractivity contribution is -0.127. The monoisotopic (exact) mass is 259 g/mol. The molecule has 1 aliphatic rings. The molecule has 102 valence electrons. The fourth-order valence-corrected chi connectivity index (χ4v) is 2.56. The number of benzene rings is 1. The number of amides is 1. The standard InChI is InChI=1S/C16H21NO2/c1-3-4-16(18)17-11-9-14(10-12-17)13-5-7-15(19-2)8-6-13/h3-8,14H,9-12H2,1-2H3/b4-3+. The van der Waals surface area contributed by atoms with Crippen LogP contribution in [0.5, 0.6) is 5.75 Å². The molecule has 3 heteroatoms. The SMILES string of the molecule is C/C=C/C(=O)N1CCC(c2ccc(OC)cc2)CC1. The summed E-state index contributed by atoms with van der Waals surface area (Å²) in [6.45, 7) is 3.57. The Bertz CT molecular complexity index is 442. The number of ether oxygens (including phenoxy) is 1. The molecular weight excluding hydrogens is 238 g/mol. The van der Waals surface area contributed by atoms with Gasteiger partial charge in [-0.05, 0) is 49.5 Å². The Labute approximate surface area is 114 Å². The molecule has 0 unspecified atom stereocenters. The van der Waals surface area contributed by atoms with Gasteiger partial charge in [0.2, 0.25) is 5.91 Å². The molecule has 1 fully saturated rings. The summed E-state index contributed by atoms with van der Waals surface area (Å²) in [5.41, 5.74) is 1.35. The number of allylic oxidation sites excluding steroid dienone is 1. The normalized spacial score (nSPS) is 16.8. The van der Waals surface area contributed by atoms with Crippen LogP contribution in [0.25, 0.3) is 0 Å². The first-order chi connectivity index (χ1) is 9.24. The van der Waals surface area contributed by atoms with E-state index in [0.29, 0.717) is 5.92 Å². The molecule has 1 heterocycles. The van der Waals surface area contributed by atoms with E-state index in [2.05, 4.69) is 12.1 Å². The van der Waals surface area contributed by atoms with Crippen molar-refractivity contribution in [1.29, 1.82) is 0 Å². The molecule has 0 N–H and O–H groups in total. The molecule has 1 saturated heterocycles. The summed E-state index contributed by atoms with van der Waals surface area (Å²) in [4.78, 5) is 13.7. The third kappa shape index (κ3) is 3.37. The minimum absolute atomic E-state index is 0.135. The van der Waals surface area contributed by atoms with E-state index in [-0.39, 0.29) is 5.91 Å². The van der Waals surface area contributed by atoms with E-state index in [1.54, 1.807) is 19.3 Å². The lowest BCUT2D eigenvalue weighted by Crippen LogP contribution is -2.36. The zero-order valence-electron chi connectivity index (χ0n) is 11.6. The van der Waals surface area contributed by atoms with Gasteiger partial charge >= 0.3 is 0 Å². The first-order valence-electron chi connectivity index (χ1n) is 6.80. The second kappa shape index (κ2) is 6.41. The molecule has 0 radical (unpaired) electrons. The Balaban J connectivity index is 1.93. The molecule has 0 aliphatic carbocycles. The number of hydrogen-bond acceptors (Lipinski definition) is 2. The lowest BCUT2D eigenvalue weighted by atomic mass is 9.89. The third-order valence-corrected chi connectivity index (χ3v) is 3.70. The molecule has 0 aromatic heterocycles. The van der Waals surface area contributed by atoms with E-state index in [0.717, 1.165) is 31.7 Å². The zero-order valence-corrected chi connectivity index (χ0v) is 11.6. The van der Waals surface area contributed by atoms with Crippen LogP contribution in [0.2, 0.25) is 0 Å². The van der Waals surface area contributed by atoms with Crippen LogP contribution >= 0.6 is 0 Å². The molecule has 19 heavy (non-hydrogen) atoms. The molecule has 0 saturated carbocycles. The van der Waals surface area contributed by atoms with Crippen molar-refractivity contribution >= 4 is 5.91 Å². The Morgan fingerprint density at radius 2 is 1.89 bits per heavy atom. The van der Waals surface area contributed by atoms with E-state index in [1.165, 1.54) is 5.56 Å². The Morgan fingerprint density at radius 1 is 1.26 bits per heavy atom. The number of piperidine rings is 1. The van der Waals surface area contributed by atoms with E-state index >= 15 is 0 Å². The molecule has 0 atom stereocenters. The zero-order chi connectivity index (χ0) is 13.7. The number of rotatable bonds is 3. The largest absolute Gasteiger partial charge is 0.497 e. The van der Waals surface area contributed by atoms with Crippen molar-refractivity contribution in [3.63, 3.8) is 0 Å². The Kier molecular flexibility index (Phi) is 4.61. The van der Waals surface area contributed by atoms with Crippen LogP contribution in [-0.4, -0.2) is 31.0 Å². The van der Waals surface area contributed by atoms with Gasteiger partial charge in [-0.1, -0.05) is 18.2 Å². The highest BCUT2D eigenvalue weighted by Crippen LogP contribution is 2.29. The first-order valence-corrected chi connectivity index (χ1v) is 6.80.